The molecular formula is C18H17ClN2O3. The number of para-hydroxylation sites is 1. The number of anilines is 1. The highest BCUT2D eigenvalue weighted by molar-refractivity contribution is 6.30. The summed E-state index contributed by atoms with van der Waals surface area (Å²) in [6.45, 7) is 1.20. The second-order valence-electron chi connectivity index (χ2n) is 6.04. The molecule has 124 valence electrons. The van der Waals surface area contributed by atoms with Crippen LogP contribution in [0, 0.1) is 0 Å². The maximum absolute atomic E-state index is 11.9. The van der Waals surface area contributed by atoms with Gasteiger partial charge in [0.05, 0.1) is 6.61 Å². The highest BCUT2D eigenvalue weighted by Gasteiger charge is 2.33. The minimum Gasteiger partial charge on any atom is -0.467 e. The second-order valence-corrected chi connectivity index (χ2v) is 6.48. The third kappa shape index (κ3) is 2.60. The van der Waals surface area contributed by atoms with E-state index in [1.165, 1.54) is 0 Å². The van der Waals surface area contributed by atoms with Crippen LogP contribution < -0.4 is 15.4 Å². The Morgan fingerprint density at radius 3 is 2.96 bits per heavy atom. The summed E-state index contributed by atoms with van der Waals surface area (Å²) in [6, 6.07) is 11.3. The fourth-order valence-electron chi connectivity index (χ4n) is 3.46. The smallest absolute Gasteiger partial charge is 0.240 e. The largest absolute Gasteiger partial charge is 0.467 e. The van der Waals surface area contributed by atoms with Crippen molar-refractivity contribution in [3.63, 3.8) is 0 Å². The van der Waals surface area contributed by atoms with Crippen molar-refractivity contribution in [1.82, 2.24) is 0 Å². The third-order valence-corrected chi connectivity index (χ3v) is 4.73. The molecule has 0 unspecified atom stereocenters. The van der Waals surface area contributed by atoms with Crippen LogP contribution in [-0.4, -0.2) is 18.7 Å². The molecule has 1 atom stereocenters. The first-order valence-corrected chi connectivity index (χ1v) is 8.17. The lowest BCUT2D eigenvalue weighted by Crippen LogP contribution is -2.42. The van der Waals surface area contributed by atoms with Crippen molar-refractivity contribution in [3.05, 3.63) is 58.1 Å². The van der Waals surface area contributed by atoms with E-state index in [-0.39, 0.29) is 18.7 Å². The number of nitrogens with two attached hydrogens (primary N) is 1. The average Bonchev–Trinajstić information content (AvgIpc) is 2.94. The van der Waals surface area contributed by atoms with Gasteiger partial charge in [-0.15, -0.1) is 0 Å². The van der Waals surface area contributed by atoms with Crippen molar-refractivity contribution >= 4 is 23.2 Å². The van der Waals surface area contributed by atoms with E-state index in [0.717, 1.165) is 28.1 Å². The first-order valence-electron chi connectivity index (χ1n) is 7.79. The minimum absolute atomic E-state index is 0.220. The monoisotopic (exact) mass is 344 g/mol. The molecule has 4 rings (SSSR count). The van der Waals surface area contributed by atoms with Gasteiger partial charge in [-0.1, -0.05) is 29.8 Å². The molecule has 2 N–H and O–H groups in total. The van der Waals surface area contributed by atoms with Crippen molar-refractivity contribution in [3.8, 4) is 5.75 Å². The van der Waals surface area contributed by atoms with Crippen molar-refractivity contribution in [2.24, 2.45) is 5.73 Å². The summed E-state index contributed by atoms with van der Waals surface area (Å²) >= 11 is 6.25. The summed E-state index contributed by atoms with van der Waals surface area (Å²) in [5, 5.41) is 0.626. The molecular weight excluding hydrogens is 328 g/mol. The molecule has 5 nitrogen and oxygen atoms in total. The van der Waals surface area contributed by atoms with Crippen LogP contribution in [-0.2, 0) is 29.1 Å². The van der Waals surface area contributed by atoms with Crippen LogP contribution in [0.5, 0.6) is 5.75 Å². The SMILES string of the molecule is NC(=O)[C@@H]1Cc2ccccc2N1Cc1cc(Cl)cc2c1OCOC2. The molecule has 24 heavy (non-hydrogen) atoms. The highest BCUT2D eigenvalue weighted by atomic mass is 35.5. The maximum atomic E-state index is 11.9. The molecule has 6 heteroatoms. The van der Waals surface area contributed by atoms with Crippen molar-refractivity contribution < 1.29 is 14.3 Å². The Labute approximate surface area is 144 Å². The summed E-state index contributed by atoms with van der Waals surface area (Å²) in [7, 11) is 0. The molecule has 1 amide bonds. The van der Waals surface area contributed by atoms with Gasteiger partial charge in [-0.3, -0.25) is 4.79 Å². The zero-order valence-corrected chi connectivity index (χ0v) is 13.8. The number of halogens is 1. The average molecular weight is 345 g/mol. The summed E-state index contributed by atoms with van der Waals surface area (Å²) in [4.78, 5) is 14.0. The number of ether oxygens (including phenoxy) is 2. The van der Waals surface area contributed by atoms with Gasteiger partial charge in [0.1, 0.15) is 11.8 Å². The normalized spacial score (nSPS) is 18.7. The number of fused-ring (bicyclic) bond motifs is 2. The molecule has 0 spiro atoms. The van der Waals surface area contributed by atoms with E-state index < -0.39 is 0 Å². The maximum Gasteiger partial charge on any atom is 0.240 e. The fourth-order valence-corrected chi connectivity index (χ4v) is 3.72. The number of carbonyl (C=O) groups excluding carboxylic acids is 1. The molecule has 2 aromatic rings. The highest BCUT2D eigenvalue weighted by Crippen LogP contribution is 2.37. The predicted octanol–water partition coefficient (Wildman–Crippen LogP) is 2.62. The van der Waals surface area contributed by atoms with Crippen LogP contribution in [0.1, 0.15) is 16.7 Å². The van der Waals surface area contributed by atoms with Crippen LogP contribution in [0.25, 0.3) is 0 Å². The number of carbonyl (C=O) groups is 1. The standard InChI is InChI=1S/C18H17ClN2O3/c19-14-5-12(17-13(6-14)9-23-10-24-17)8-21-15-4-2-1-3-11(15)7-16(21)18(20)22/h1-6,16H,7-10H2,(H2,20,22)/t16-/m0/s1. The van der Waals surface area contributed by atoms with E-state index in [0.29, 0.717) is 24.6 Å². The lowest BCUT2D eigenvalue weighted by molar-refractivity contribution is -0.119. The molecule has 0 aliphatic carbocycles. The molecule has 0 bridgehead atoms. The van der Waals surface area contributed by atoms with Gasteiger partial charge in [0.2, 0.25) is 5.91 Å². The molecule has 2 aromatic carbocycles. The van der Waals surface area contributed by atoms with E-state index in [1.54, 1.807) is 0 Å². The van der Waals surface area contributed by atoms with Crippen LogP contribution >= 0.6 is 11.6 Å². The molecule has 0 fully saturated rings. The number of amides is 1. The molecule has 2 aliphatic rings. The summed E-state index contributed by atoms with van der Waals surface area (Å²) in [5.41, 5.74) is 9.64. The molecule has 0 radical (unpaired) electrons. The van der Waals surface area contributed by atoms with E-state index in [2.05, 4.69) is 0 Å². The van der Waals surface area contributed by atoms with Crippen LogP contribution in [0.15, 0.2) is 36.4 Å². The molecule has 0 saturated carbocycles. The Balaban J connectivity index is 1.74. The van der Waals surface area contributed by atoms with Gasteiger partial charge in [-0.2, -0.15) is 0 Å². The quantitative estimate of drug-likeness (QED) is 0.929. The van der Waals surface area contributed by atoms with E-state index in [9.17, 15) is 4.79 Å². The summed E-state index contributed by atoms with van der Waals surface area (Å²) < 4.78 is 11.0. The lowest BCUT2D eigenvalue weighted by Gasteiger charge is -2.28. The van der Waals surface area contributed by atoms with Gasteiger partial charge in [-0.25, -0.2) is 0 Å². The Kier molecular flexibility index (Phi) is 3.82. The minimum atomic E-state index is -0.364. The van der Waals surface area contributed by atoms with E-state index >= 15 is 0 Å². The third-order valence-electron chi connectivity index (χ3n) is 4.51. The fraction of sp³-hybridized carbons (Fsp3) is 0.278. The zero-order chi connectivity index (χ0) is 16.7. The van der Waals surface area contributed by atoms with E-state index in [4.69, 9.17) is 26.8 Å². The Morgan fingerprint density at radius 2 is 2.12 bits per heavy atom. The predicted molar refractivity (Wildman–Crippen MR) is 91.0 cm³/mol. The van der Waals surface area contributed by atoms with Gasteiger partial charge < -0.3 is 20.1 Å². The van der Waals surface area contributed by atoms with Gasteiger partial charge in [0.15, 0.2) is 6.79 Å². The molecule has 0 saturated heterocycles. The van der Waals surface area contributed by atoms with Crippen molar-refractivity contribution in [2.75, 3.05) is 11.7 Å². The number of nitrogens with zero attached hydrogens (tertiary/aromatic N) is 1. The van der Waals surface area contributed by atoms with Crippen LogP contribution in [0.2, 0.25) is 5.02 Å². The summed E-state index contributed by atoms with van der Waals surface area (Å²) in [5.74, 6) is 0.463. The number of rotatable bonds is 3. The number of primary amides is 1. The van der Waals surface area contributed by atoms with Crippen LogP contribution in [0.4, 0.5) is 5.69 Å². The van der Waals surface area contributed by atoms with Crippen molar-refractivity contribution in [1.29, 1.82) is 0 Å². The number of benzene rings is 2. The number of hydrogen-bond acceptors (Lipinski definition) is 4. The Hall–Kier alpha value is -2.24. The molecule has 0 aromatic heterocycles. The van der Waals surface area contributed by atoms with Crippen molar-refractivity contribution in [2.45, 2.75) is 25.6 Å². The molecule has 2 heterocycles. The lowest BCUT2D eigenvalue weighted by atomic mass is 10.1. The first kappa shape index (κ1) is 15.3. The van der Waals surface area contributed by atoms with Gasteiger partial charge in [0, 0.05) is 34.8 Å². The number of hydrogen-bond donors (Lipinski definition) is 1. The zero-order valence-electron chi connectivity index (χ0n) is 13.0. The van der Waals surface area contributed by atoms with Crippen LogP contribution in [0.3, 0.4) is 0 Å². The van der Waals surface area contributed by atoms with Gasteiger partial charge in [0.25, 0.3) is 0 Å². The summed E-state index contributed by atoms with van der Waals surface area (Å²) in [6.07, 6.45) is 0.623. The second kappa shape index (κ2) is 6.00. The van der Waals surface area contributed by atoms with Gasteiger partial charge in [-0.05, 0) is 23.8 Å². The first-order chi connectivity index (χ1) is 11.6. The van der Waals surface area contributed by atoms with E-state index in [1.807, 2.05) is 41.3 Å². The topological polar surface area (TPSA) is 64.8 Å². The Bertz CT molecular complexity index is 809. The molecule has 2 aliphatic heterocycles. The Morgan fingerprint density at radius 1 is 1.29 bits per heavy atom. The van der Waals surface area contributed by atoms with Gasteiger partial charge >= 0.3 is 0 Å².